The van der Waals surface area contributed by atoms with E-state index in [1.165, 1.54) is 6.92 Å². The van der Waals surface area contributed by atoms with E-state index in [9.17, 15) is 9.59 Å². The molecule has 0 spiro atoms. The second-order valence-corrected chi connectivity index (χ2v) is 7.52. The van der Waals surface area contributed by atoms with Crippen molar-refractivity contribution in [2.24, 2.45) is 0 Å². The normalized spacial score (nSPS) is 10.4. The Morgan fingerprint density at radius 1 is 0.926 bits per heavy atom. The van der Waals surface area contributed by atoms with Crippen LogP contribution in [-0.4, -0.2) is 11.7 Å². The van der Waals surface area contributed by atoms with E-state index < -0.39 is 0 Å². The van der Waals surface area contributed by atoms with Crippen molar-refractivity contribution in [2.75, 3.05) is 5.32 Å². The largest absolute Gasteiger partial charge is 0.322 e. The number of benzene rings is 3. The number of carbonyl (C=O) groups is 2. The highest BCUT2D eigenvalue weighted by atomic mass is 35.5. The maximum atomic E-state index is 12.4. The summed E-state index contributed by atoms with van der Waals surface area (Å²) in [5, 5.41) is 3.55. The fraction of sp³-hybridized carbons (Fsp3) is 0.0909. The summed E-state index contributed by atoms with van der Waals surface area (Å²) in [5.74, 6) is 0.575. The lowest BCUT2D eigenvalue weighted by atomic mass is 10.1. The molecule has 1 amide bonds. The van der Waals surface area contributed by atoms with Gasteiger partial charge in [-0.15, -0.1) is 11.8 Å². The minimum atomic E-state index is -0.201. The van der Waals surface area contributed by atoms with Gasteiger partial charge in [-0.3, -0.25) is 9.59 Å². The Labute approximate surface area is 167 Å². The van der Waals surface area contributed by atoms with Crippen LogP contribution in [0.2, 0.25) is 5.02 Å². The van der Waals surface area contributed by atoms with E-state index in [4.69, 9.17) is 11.6 Å². The topological polar surface area (TPSA) is 46.2 Å². The second-order valence-electron chi connectivity index (χ2n) is 6.03. The van der Waals surface area contributed by atoms with Crippen LogP contribution in [0.25, 0.3) is 0 Å². The zero-order chi connectivity index (χ0) is 19.2. The summed E-state index contributed by atoms with van der Waals surface area (Å²) in [7, 11) is 0. The summed E-state index contributed by atoms with van der Waals surface area (Å²) in [6.45, 7) is 1.50. The van der Waals surface area contributed by atoms with Gasteiger partial charge in [-0.25, -0.2) is 0 Å². The Kier molecular flexibility index (Phi) is 6.32. The summed E-state index contributed by atoms with van der Waals surface area (Å²) < 4.78 is 0. The Hall–Kier alpha value is -2.56. The Balaban J connectivity index is 1.60. The molecule has 3 aromatic carbocycles. The number of Topliss-reactive ketones (excluding diaryl/α,β-unsaturated/α-hetero) is 1. The van der Waals surface area contributed by atoms with Crippen LogP contribution in [0.1, 0.15) is 33.2 Å². The first-order valence-electron chi connectivity index (χ1n) is 8.41. The highest BCUT2D eigenvalue weighted by Gasteiger charge is 2.08. The van der Waals surface area contributed by atoms with Crippen molar-refractivity contribution < 1.29 is 9.59 Å². The van der Waals surface area contributed by atoms with Gasteiger partial charge in [0.05, 0.1) is 0 Å². The van der Waals surface area contributed by atoms with Gasteiger partial charge < -0.3 is 5.32 Å². The zero-order valence-electron chi connectivity index (χ0n) is 14.7. The molecule has 3 nitrogen and oxygen atoms in total. The first-order valence-corrected chi connectivity index (χ1v) is 9.77. The summed E-state index contributed by atoms with van der Waals surface area (Å²) in [6.07, 6.45) is 0. The van der Waals surface area contributed by atoms with Crippen LogP contribution in [0.4, 0.5) is 5.69 Å². The van der Waals surface area contributed by atoms with Crippen LogP contribution >= 0.6 is 23.4 Å². The average Bonchev–Trinajstić information content (AvgIpc) is 2.68. The van der Waals surface area contributed by atoms with Crippen molar-refractivity contribution in [1.29, 1.82) is 0 Å². The van der Waals surface area contributed by atoms with Gasteiger partial charge >= 0.3 is 0 Å². The molecule has 0 saturated heterocycles. The molecule has 0 unspecified atom stereocenters. The molecule has 0 aromatic heterocycles. The van der Waals surface area contributed by atoms with Crippen LogP contribution in [0, 0.1) is 0 Å². The van der Waals surface area contributed by atoms with Gasteiger partial charge in [-0.2, -0.15) is 0 Å². The van der Waals surface area contributed by atoms with E-state index >= 15 is 0 Å². The minimum absolute atomic E-state index is 0.0337. The molecule has 0 aliphatic heterocycles. The molecule has 0 saturated carbocycles. The Bertz CT molecular complexity index is 953. The van der Waals surface area contributed by atoms with Gasteiger partial charge in [0.1, 0.15) is 0 Å². The number of ketones is 1. The molecule has 0 bridgehead atoms. The standard InChI is InChI=1S/C22H18ClNO2S/c1-15(25)18-3-2-4-20(13-18)24-22(26)17-7-5-16(6-8-17)14-27-21-11-9-19(23)10-12-21/h2-13H,14H2,1H3,(H,24,26). The number of nitrogens with one attached hydrogen (secondary N) is 1. The lowest BCUT2D eigenvalue weighted by molar-refractivity contribution is 0.101. The van der Waals surface area contributed by atoms with Gasteiger partial charge in [0.15, 0.2) is 5.78 Å². The maximum absolute atomic E-state index is 12.4. The van der Waals surface area contributed by atoms with Crippen LogP contribution in [0.5, 0.6) is 0 Å². The van der Waals surface area contributed by atoms with Gasteiger partial charge in [0, 0.05) is 32.5 Å². The SMILES string of the molecule is CC(=O)c1cccc(NC(=O)c2ccc(CSc3ccc(Cl)cc3)cc2)c1. The van der Waals surface area contributed by atoms with E-state index in [1.54, 1.807) is 36.0 Å². The fourth-order valence-corrected chi connectivity index (χ4v) is 3.45. The quantitative estimate of drug-likeness (QED) is 0.406. The summed E-state index contributed by atoms with van der Waals surface area (Å²) >= 11 is 7.61. The van der Waals surface area contributed by atoms with E-state index in [0.717, 1.165) is 21.2 Å². The number of amides is 1. The molecule has 27 heavy (non-hydrogen) atoms. The van der Waals surface area contributed by atoms with Crippen LogP contribution in [0.15, 0.2) is 77.7 Å². The number of halogens is 1. The second kappa shape index (κ2) is 8.89. The predicted octanol–water partition coefficient (Wildman–Crippen LogP) is 6.09. The van der Waals surface area contributed by atoms with Crippen LogP contribution in [-0.2, 0) is 5.75 Å². The number of rotatable bonds is 6. The molecule has 0 heterocycles. The minimum Gasteiger partial charge on any atom is -0.322 e. The van der Waals surface area contributed by atoms with Crippen molar-refractivity contribution in [3.05, 3.63) is 94.5 Å². The molecule has 136 valence electrons. The summed E-state index contributed by atoms with van der Waals surface area (Å²) in [5.41, 5.74) is 2.88. The van der Waals surface area contributed by atoms with Crippen LogP contribution < -0.4 is 5.32 Å². The van der Waals surface area contributed by atoms with Gasteiger partial charge in [-0.05, 0) is 61.0 Å². The molecular weight excluding hydrogens is 378 g/mol. The monoisotopic (exact) mass is 395 g/mol. The third kappa shape index (κ3) is 5.46. The molecular formula is C22H18ClNO2S. The lowest BCUT2D eigenvalue weighted by Crippen LogP contribution is -2.12. The van der Waals surface area contributed by atoms with Crippen molar-refractivity contribution in [1.82, 2.24) is 0 Å². The number of hydrogen-bond donors (Lipinski definition) is 1. The molecule has 0 fully saturated rings. The van der Waals surface area contributed by atoms with E-state index in [-0.39, 0.29) is 11.7 Å². The lowest BCUT2D eigenvalue weighted by Gasteiger charge is -2.07. The highest BCUT2D eigenvalue weighted by Crippen LogP contribution is 2.24. The van der Waals surface area contributed by atoms with E-state index in [1.807, 2.05) is 48.5 Å². The molecule has 0 aliphatic carbocycles. The van der Waals surface area contributed by atoms with Gasteiger partial charge in [0.2, 0.25) is 0 Å². The van der Waals surface area contributed by atoms with Crippen molar-refractivity contribution in [3.63, 3.8) is 0 Å². The Morgan fingerprint density at radius 2 is 1.63 bits per heavy atom. The Morgan fingerprint density at radius 3 is 2.30 bits per heavy atom. The molecule has 3 aromatic rings. The number of anilines is 1. The van der Waals surface area contributed by atoms with Crippen LogP contribution in [0.3, 0.4) is 0 Å². The van der Waals surface area contributed by atoms with Gasteiger partial charge in [0.25, 0.3) is 5.91 Å². The van der Waals surface area contributed by atoms with Crippen molar-refractivity contribution >= 4 is 40.7 Å². The smallest absolute Gasteiger partial charge is 0.255 e. The predicted molar refractivity (Wildman–Crippen MR) is 112 cm³/mol. The maximum Gasteiger partial charge on any atom is 0.255 e. The van der Waals surface area contributed by atoms with Crippen molar-refractivity contribution in [3.8, 4) is 0 Å². The third-order valence-electron chi connectivity index (χ3n) is 3.96. The molecule has 0 aliphatic rings. The fourth-order valence-electron chi connectivity index (χ4n) is 2.47. The summed E-state index contributed by atoms with van der Waals surface area (Å²) in [4.78, 5) is 25.0. The first kappa shape index (κ1) is 19.2. The highest BCUT2D eigenvalue weighted by molar-refractivity contribution is 7.98. The van der Waals surface area contributed by atoms with E-state index in [0.29, 0.717) is 16.8 Å². The molecule has 5 heteroatoms. The molecule has 0 radical (unpaired) electrons. The number of carbonyl (C=O) groups excluding carboxylic acids is 2. The zero-order valence-corrected chi connectivity index (χ0v) is 16.3. The third-order valence-corrected chi connectivity index (χ3v) is 5.30. The van der Waals surface area contributed by atoms with Crippen molar-refractivity contribution in [2.45, 2.75) is 17.6 Å². The molecule has 0 atom stereocenters. The van der Waals surface area contributed by atoms with Gasteiger partial charge in [-0.1, -0.05) is 35.9 Å². The molecule has 1 N–H and O–H groups in total. The molecule has 3 rings (SSSR count). The average molecular weight is 396 g/mol. The number of thioether (sulfide) groups is 1. The number of hydrogen-bond acceptors (Lipinski definition) is 3. The summed E-state index contributed by atoms with van der Waals surface area (Å²) in [6, 6.07) is 22.2. The van der Waals surface area contributed by atoms with E-state index in [2.05, 4.69) is 5.32 Å². The first-order chi connectivity index (χ1) is 13.0.